The van der Waals surface area contributed by atoms with Gasteiger partial charge >= 0.3 is 5.97 Å². The minimum Gasteiger partial charge on any atom is -0.489 e. The number of hydrogen-bond acceptors (Lipinski definition) is 6. The quantitative estimate of drug-likeness (QED) is 0.663. The van der Waals surface area contributed by atoms with Crippen molar-refractivity contribution < 1.29 is 19.4 Å². The predicted molar refractivity (Wildman–Crippen MR) is 95.1 cm³/mol. The van der Waals surface area contributed by atoms with Gasteiger partial charge in [0.25, 0.3) is 0 Å². The normalized spacial score (nSPS) is 11.5. The van der Waals surface area contributed by atoms with Crippen molar-refractivity contribution in [3.8, 4) is 17.6 Å². The van der Waals surface area contributed by atoms with Crippen molar-refractivity contribution in [2.24, 2.45) is 0 Å². The van der Waals surface area contributed by atoms with Crippen LogP contribution in [0.1, 0.15) is 22.8 Å². The summed E-state index contributed by atoms with van der Waals surface area (Å²) in [5, 5.41) is 26.1. The molecule has 2 aromatic heterocycles. The van der Waals surface area contributed by atoms with E-state index in [9.17, 15) is 15.2 Å². The van der Waals surface area contributed by atoms with Gasteiger partial charge in [0, 0.05) is 11.6 Å². The predicted octanol–water partition coefficient (Wildman–Crippen LogP) is 4.46. The number of carboxylic acids is 1. The van der Waals surface area contributed by atoms with E-state index in [2.05, 4.69) is 0 Å². The number of carboxylic acid groups (broad SMARTS) is 1. The van der Waals surface area contributed by atoms with Crippen molar-refractivity contribution in [1.29, 1.82) is 5.26 Å². The number of ether oxygens (including phenoxy) is 2. The Morgan fingerprint density at radius 1 is 1.20 bits per heavy atom. The Morgan fingerprint density at radius 2 is 2.00 bits per heavy atom. The van der Waals surface area contributed by atoms with Crippen LogP contribution in [0.15, 0.2) is 51.9 Å². The average Bonchev–Trinajstić information content (AvgIpc) is 3.31. The number of thiophene rings is 2. The highest BCUT2D eigenvalue weighted by atomic mass is 32.1. The molecule has 3 rings (SSSR count). The van der Waals surface area contributed by atoms with E-state index in [-0.39, 0.29) is 11.3 Å². The minimum absolute atomic E-state index is 0.184. The van der Waals surface area contributed by atoms with Gasteiger partial charge in [0.05, 0.1) is 5.56 Å². The highest BCUT2D eigenvalue weighted by Gasteiger charge is 2.24. The van der Waals surface area contributed by atoms with Crippen molar-refractivity contribution in [3.05, 3.63) is 68.5 Å². The summed E-state index contributed by atoms with van der Waals surface area (Å²) in [7, 11) is 0. The number of nitrogens with zero attached hydrogens (tertiary/aromatic N) is 1. The van der Waals surface area contributed by atoms with Crippen LogP contribution in [0.2, 0.25) is 0 Å². The van der Waals surface area contributed by atoms with E-state index in [1.165, 1.54) is 11.3 Å². The molecule has 1 atom stereocenters. The first-order valence-electron chi connectivity index (χ1n) is 7.27. The van der Waals surface area contributed by atoms with Crippen LogP contribution in [0.4, 0.5) is 0 Å². The number of aliphatic carboxylic acids is 1. The van der Waals surface area contributed by atoms with Gasteiger partial charge < -0.3 is 14.6 Å². The van der Waals surface area contributed by atoms with Crippen LogP contribution in [0, 0.1) is 11.3 Å². The Labute approximate surface area is 152 Å². The maximum atomic E-state index is 11.5. The topological polar surface area (TPSA) is 79.5 Å². The number of rotatable bonds is 7. The molecule has 25 heavy (non-hydrogen) atoms. The fourth-order valence-electron chi connectivity index (χ4n) is 2.14. The highest BCUT2D eigenvalue weighted by Crippen LogP contribution is 2.30. The average molecular weight is 371 g/mol. The number of benzene rings is 1. The molecule has 0 spiro atoms. The van der Waals surface area contributed by atoms with E-state index < -0.39 is 12.1 Å². The second kappa shape index (κ2) is 7.83. The lowest BCUT2D eigenvalue weighted by Crippen LogP contribution is -2.18. The lowest BCUT2D eigenvalue weighted by Gasteiger charge is -2.16. The molecule has 7 heteroatoms. The Hall–Kier alpha value is -2.82. The summed E-state index contributed by atoms with van der Waals surface area (Å²) in [4.78, 5) is 11.5. The fraction of sp³-hybridized carbons (Fsp3) is 0.111. The third-order valence-electron chi connectivity index (χ3n) is 3.37. The molecule has 1 N–H and O–H groups in total. The van der Waals surface area contributed by atoms with Gasteiger partial charge in [0.1, 0.15) is 24.2 Å². The zero-order valence-electron chi connectivity index (χ0n) is 12.9. The van der Waals surface area contributed by atoms with Crippen LogP contribution in [0.25, 0.3) is 0 Å². The second-order valence-electron chi connectivity index (χ2n) is 5.08. The van der Waals surface area contributed by atoms with Gasteiger partial charge in [-0.3, -0.25) is 0 Å². The molecule has 0 aliphatic carbocycles. The fourth-order valence-corrected chi connectivity index (χ4v) is 3.46. The zero-order valence-corrected chi connectivity index (χ0v) is 14.5. The van der Waals surface area contributed by atoms with Crippen LogP contribution in [-0.2, 0) is 11.4 Å². The molecule has 5 nitrogen and oxygen atoms in total. The molecule has 1 unspecified atom stereocenters. The van der Waals surface area contributed by atoms with Crippen LogP contribution in [0.5, 0.6) is 11.5 Å². The third kappa shape index (κ3) is 4.18. The van der Waals surface area contributed by atoms with E-state index in [1.54, 1.807) is 46.4 Å². The molecule has 0 aliphatic rings. The van der Waals surface area contributed by atoms with Crippen LogP contribution >= 0.6 is 22.7 Å². The summed E-state index contributed by atoms with van der Waals surface area (Å²) >= 11 is 2.97. The van der Waals surface area contributed by atoms with Gasteiger partial charge in [0.15, 0.2) is 0 Å². The number of carbonyl (C=O) groups is 1. The molecule has 0 saturated carbocycles. The SMILES string of the molecule is N#Cc1ccc(OCc2ccsc2)cc1OC(C(=O)O)c1ccsc1. The second-order valence-corrected chi connectivity index (χ2v) is 6.64. The van der Waals surface area contributed by atoms with E-state index >= 15 is 0 Å². The summed E-state index contributed by atoms with van der Waals surface area (Å²) in [5.41, 5.74) is 1.83. The van der Waals surface area contributed by atoms with Gasteiger partial charge in [-0.15, -0.1) is 0 Å². The van der Waals surface area contributed by atoms with Crippen molar-refractivity contribution >= 4 is 28.6 Å². The number of nitriles is 1. The first-order chi connectivity index (χ1) is 12.2. The Bertz CT molecular complexity index is 882. The molecular weight excluding hydrogens is 358 g/mol. The molecule has 1 aromatic carbocycles. The molecule has 126 valence electrons. The van der Waals surface area contributed by atoms with Crippen molar-refractivity contribution in [3.63, 3.8) is 0 Å². The molecule has 0 radical (unpaired) electrons. The maximum absolute atomic E-state index is 11.5. The molecular formula is C18H13NO4S2. The van der Waals surface area contributed by atoms with Gasteiger partial charge in [-0.25, -0.2) is 4.79 Å². The molecule has 0 amide bonds. The molecule has 0 fully saturated rings. The van der Waals surface area contributed by atoms with Gasteiger partial charge in [-0.2, -0.15) is 27.9 Å². The molecule has 3 aromatic rings. The third-order valence-corrected chi connectivity index (χ3v) is 4.81. The van der Waals surface area contributed by atoms with Gasteiger partial charge in [-0.1, -0.05) is 0 Å². The monoisotopic (exact) mass is 371 g/mol. The van der Waals surface area contributed by atoms with E-state index in [4.69, 9.17) is 9.47 Å². The number of hydrogen-bond donors (Lipinski definition) is 1. The summed E-state index contributed by atoms with van der Waals surface area (Å²) < 4.78 is 11.3. The molecule has 0 saturated heterocycles. The lowest BCUT2D eigenvalue weighted by molar-refractivity contribution is -0.145. The van der Waals surface area contributed by atoms with Crippen LogP contribution < -0.4 is 9.47 Å². The molecule has 0 aliphatic heterocycles. The van der Waals surface area contributed by atoms with Crippen molar-refractivity contribution in [1.82, 2.24) is 0 Å². The van der Waals surface area contributed by atoms with Crippen molar-refractivity contribution in [2.45, 2.75) is 12.7 Å². The molecule has 2 heterocycles. The van der Waals surface area contributed by atoms with E-state index in [1.807, 2.05) is 22.9 Å². The Morgan fingerprint density at radius 3 is 2.64 bits per heavy atom. The van der Waals surface area contributed by atoms with Gasteiger partial charge in [0.2, 0.25) is 6.10 Å². The Balaban J connectivity index is 1.82. The summed E-state index contributed by atoms with van der Waals surface area (Å²) in [6.07, 6.45) is -1.18. The first-order valence-corrected chi connectivity index (χ1v) is 9.15. The smallest absolute Gasteiger partial charge is 0.349 e. The maximum Gasteiger partial charge on any atom is 0.349 e. The highest BCUT2D eigenvalue weighted by molar-refractivity contribution is 7.08. The van der Waals surface area contributed by atoms with Gasteiger partial charge in [-0.05, 0) is 51.3 Å². The van der Waals surface area contributed by atoms with E-state index in [0.29, 0.717) is 17.9 Å². The Kier molecular flexibility index (Phi) is 5.33. The summed E-state index contributed by atoms with van der Waals surface area (Å²) in [6, 6.07) is 10.4. The molecule has 0 bridgehead atoms. The first kappa shape index (κ1) is 17.0. The zero-order chi connectivity index (χ0) is 17.6. The largest absolute Gasteiger partial charge is 0.489 e. The lowest BCUT2D eigenvalue weighted by atomic mass is 10.1. The van der Waals surface area contributed by atoms with Crippen molar-refractivity contribution in [2.75, 3.05) is 0 Å². The summed E-state index contributed by atoms with van der Waals surface area (Å²) in [5.74, 6) is -0.425. The van der Waals surface area contributed by atoms with Crippen LogP contribution in [0.3, 0.4) is 0 Å². The minimum atomic E-state index is -1.18. The standard InChI is InChI=1S/C18H13NO4S2/c19-8-13-1-2-15(22-9-12-3-5-24-10-12)7-16(13)23-17(18(20)21)14-4-6-25-11-14/h1-7,10-11,17H,9H2,(H,20,21). The summed E-state index contributed by atoms with van der Waals surface area (Å²) in [6.45, 7) is 0.391. The van der Waals surface area contributed by atoms with E-state index in [0.717, 1.165) is 5.56 Å². The van der Waals surface area contributed by atoms with Crippen LogP contribution in [-0.4, -0.2) is 11.1 Å².